The van der Waals surface area contributed by atoms with Crippen LogP contribution in [0.15, 0.2) is 66.2 Å². The number of esters is 2. The van der Waals surface area contributed by atoms with Gasteiger partial charge in [-0.2, -0.15) is 0 Å². The molecule has 2 aromatic rings. The Balaban J connectivity index is 1.76. The molecule has 1 aliphatic rings. The molecule has 0 spiro atoms. The molecule has 1 aliphatic carbocycles. The molecular formula is C23H22Cl2O4. The van der Waals surface area contributed by atoms with Crippen molar-refractivity contribution in [2.45, 2.75) is 37.4 Å². The lowest BCUT2D eigenvalue weighted by molar-refractivity contribution is -0.139. The molecule has 4 nitrogen and oxygen atoms in total. The zero-order valence-electron chi connectivity index (χ0n) is 16.7. The summed E-state index contributed by atoms with van der Waals surface area (Å²) in [5.74, 6) is -0.604. The maximum Gasteiger partial charge on any atom is 0.345 e. The van der Waals surface area contributed by atoms with E-state index in [1.54, 1.807) is 44.2 Å². The minimum Gasteiger partial charge on any atom is -0.457 e. The number of carbonyl (C=O) groups excluding carboxylic acids is 2. The predicted octanol–water partition coefficient (Wildman–Crippen LogP) is 6.12. The van der Waals surface area contributed by atoms with Crippen LogP contribution in [0.25, 0.3) is 0 Å². The number of allylic oxidation sites excluding steroid dienone is 2. The molecule has 0 radical (unpaired) electrons. The quantitative estimate of drug-likeness (QED) is 0.247. The molecule has 2 aromatic carbocycles. The van der Waals surface area contributed by atoms with E-state index in [-0.39, 0.29) is 5.56 Å². The predicted molar refractivity (Wildman–Crippen MR) is 114 cm³/mol. The molecule has 0 bridgehead atoms. The van der Waals surface area contributed by atoms with Crippen LogP contribution in [0.2, 0.25) is 0 Å². The molecule has 0 aliphatic heterocycles. The first kappa shape index (κ1) is 21.4. The van der Waals surface area contributed by atoms with Crippen LogP contribution in [0.1, 0.15) is 38.1 Å². The van der Waals surface area contributed by atoms with Crippen molar-refractivity contribution in [1.82, 2.24) is 0 Å². The highest BCUT2D eigenvalue weighted by Gasteiger charge is 2.86. The van der Waals surface area contributed by atoms with Gasteiger partial charge in [0, 0.05) is 5.41 Å². The molecule has 0 N–H and O–H groups in total. The summed E-state index contributed by atoms with van der Waals surface area (Å²) in [6.45, 7) is 7.27. The first-order valence-electron chi connectivity index (χ1n) is 9.16. The molecular weight excluding hydrogens is 411 g/mol. The fourth-order valence-electron chi connectivity index (χ4n) is 3.41. The van der Waals surface area contributed by atoms with Gasteiger partial charge in [0.25, 0.3) is 0 Å². The molecule has 2 unspecified atom stereocenters. The van der Waals surface area contributed by atoms with E-state index in [0.29, 0.717) is 11.5 Å². The van der Waals surface area contributed by atoms with Crippen molar-refractivity contribution in [1.29, 1.82) is 0 Å². The summed E-state index contributed by atoms with van der Waals surface area (Å²) in [6, 6.07) is 15.5. The van der Waals surface area contributed by atoms with E-state index in [0.717, 1.165) is 5.57 Å². The second kappa shape index (κ2) is 7.51. The monoisotopic (exact) mass is 432 g/mol. The van der Waals surface area contributed by atoms with Crippen molar-refractivity contribution in [3.63, 3.8) is 0 Å². The molecule has 0 aromatic heterocycles. The van der Waals surface area contributed by atoms with E-state index in [9.17, 15) is 9.59 Å². The number of benzene rings is 2. The molecule has 3 rings (SSSR count). The fraction of sp³-hybridized carbons (Fsp3) is 0.304. The summed E-state index contributed by atoms with van der Waals surface area (Å²) in [4.78, 5) is 22.7. The summed E-state index contributed by atoms with van der Waals surface area (Å²) in [5, 5.41) is 0. The third-order valence-electron chi connectivity index (χ3n) is 5.21. The van der Waals surface area contributed by atoms with Gasteiger partial charge >= 0.3 is 11.9 Å². The molecule has 6 heteroatoms. The number of para-hydroxylation sites is 1. The molecule has 1 saturated carbocycles. The van der Waals surface area contributed by atoms with Crippen LogP contribution in [0, 0.1) is 5.41 Å². The smallest absolute Gasteiger partial charge is 0.345 e. The topological polar surface area (TPSA) is 52.6 Å². The Morgan fingerprint density at radius 1 is 0.931 bits per heavy atom. The molecule has 1 fully saturated rings. The van der Waals surface area contributed by atoms with Gasteiger partial charge in [-0.15, -0.1) is 23.2 Å². The maximum absolute atomic E-state index is 12.8. The maximum atomic E-state index is 12.8. The molecule has 152 valence electrons. The zero-order chi connectivity index (χ0) is 21.4. The largest absolute Gasteiger partial charge is 0.457 e. The third-order valence-corrected chi connectivity index (χ3v) is 7.10. The Bertz CT molecular complexity index is 979. The van der Waals surface area contributed by atoms with E-state index in [2.05, 4.69) is 0 Å². The minimum atomic E-state index is -1.54. The van der Waals surface area contributed by atoms with Gasteiger partial charge in [-0.05, 0) is 44.2 Å². The van der Waals surface area contributed by atoms with Gasteiger partial charge in [0.2, 0.25) is 0 Å². The number of hydrogen-bond donors (Lipinski definition) is 0. The average Bonchev–Trinajstić information content (AvgIpc) is 3.01. The Morgan fingerprint density at radius 2 is 1.55 bits per heavy atom. The molecule has 0 amide bonds. The van der Waals surface area contributed by atoms with Gasteiger partial charge in [0.15, 0.2) is 4.87 Å². The van der Waals surface area contributed by atoms with Crippen molar-refractivity contribution in [2.24, 2.45) is 5.41 Å². The van der Waals surface area contributed by atoms with Crippen molar-refractivity contribution in [3.8, 4) is 11.5 Å². The van der Waals surface area contributed by atoms with Crippen molar-refractivity contribution >= 4 is 35.1 Å². The molecule has 2 atom stereocenters. The van der Waals surface area contributed by atoms with Crippen LogP contribution in [-0.4, -0.2) is 21.7 Å². The standard InChI is InChI=1S/C23H22Cl2O4/c1-15(2)14-22(24)21(3,4)23(22,25)20(27)29-19(26)16-9-8-12-18(13-16)28-17-10-6-5-7-11-17/h5-14H,1-4H3. The number of hydrogen-bond acceptors (Lipinski definition) is 4. The van der Waals surface area contributed by atoms with Gasteiger partial charge in [-0.3, -0.25) is 0 Å². The third kappa shape index (κ3) is 3.56. The summed E-state index contributed by atoms with van der Waals surface area (Å²) < 4.78 is 10.8. The van der Waals surface area contributed by atoms with Crippen LogP contribution in [-0.2, 0) is 9.53 Å². The van der Waals surface area contributed by atoms with Crippen molar-refractivity contribution in [3.05, 3.63) is 71.8 Å². The van der Waals surface area contributed by atoms with Crippen LogP contribution in [0.5, 0.6) is 11.5 Å². The molecule has 0 heterocycles. The lowest BCUT2D eigenvalue weighted by atomic mass is 10.1. The Labute approximate surface area is 180 Å². The normalized spacial score (nSPS) is 24.3. The number of alkyl halides is 2. The van der Waals surface area contributed by atoms with Crippen molar-refractivity contribution < 1.29 is 19.1 Å². The van der Waals surface area contributed by atoms with Crippen LogP contribution in [0.4, 0.5) is 0 Å². The fourth-order valence-corrected chi connectivity index (χ4v) is 4.51. The minimum absolute atomic E-state index is 0.174. The lowest BCUT2D eigenvalue weighted by Gasteiger charge is -2.12. The summed E-state index contributed by atoms with van der Waals surface area (Å²) in [5.41, 5.74) is 0.309. The number of carbonyl (C=O) groups is 2. The lowest BCUT2D eigenvalue weighted by Crippen LogP contribution is -2.30. The number of halogens is 2. The first-order valence-corrected chi connectivity index (χ1v) is 9.92. The second-order valence-corrected chi connectivity index (χ2v) is 9.00. The Kier molecular flexibility index (Phi) is 5.54. The SMILES string of the molecule is CC(C)=CC1(Cl)C(C)(C)C1(Cl)C(=O)OC(=O)c1cccc(Oc2ccccc2)c1. The van der Waals surface area contributed by atoms with Crippen LogP contribution >= 0.6 is 23.2 Å². The highest BCUT2D eigenvalue weighted by molar-refractivity contribution is 6.50. The van der Waals surface area contributed by atoms with E-state index in [1.165, 1.54) is 12.1 Å². The van der Waals surface area contributed by atoms with Crippen LogP contribution in [0.3, 0.4) is 0 Å². The van der Waals surface area contributed by atoms with Gasteiger partial charge in [-0.25, -0.2) is 9.59 Å². The van der Waals surface area contributed by atoms with E-state index < -0.39 is 27.1 Å². The molecule has 29 heavy (non-hydrogen) atoms. The Hall–Kier alpha value is -2.30. The zero-order valence-corrected chi connectivity index (χ0v) is 18.2. The summed E-state index contributed by atoms with van der Waals surface area (Å²) in [7, 11) is 0. The first-order chi connectivity index (χ1) is 13.5. The number of rotatable bonds is 5. The Morgan fingerprint density at radius 3 is 2.17 bits per heavy atom. The van der Waals surface area contributed by atoms with Gasteiger partial charge < -0.3 is 9.47 Å². The second-order valence-electron chi connectivity index (χ2n) is 7.84. The summed E-state index contributed by atoms with van der Waals surface area (Å²) >= 11 is 13.2. The van der Waals surface area contributed by atoms with E-state index in [1.807, 2.05) is 32.0 Å². The highest BCUT2D eigenvalue weighted by atomic mass is 35.5. The van der Waals surface area contributed by atoms with Gasteiger partial charge in [0.1, 0.15) is 16.4 Å². The van der Waals surface area contributed by atoms with E-state index >= 15 is 0 Å². The van der Waals surface area contributed by atoms with Crippen molar-refractivity contribution in [2.75, 3.05) is 0 Å². The van der Waals surface area contributed by atoms with Gasteiger partial charge in [-0.1, -0.05) is 49.8 Å². The summed E-state index contributed by atoms with van der Waals surface area (Å²) in [6.07, 6.45) is 1.74. The molecule has 0 saturated heterocycles. The van der Waals surface area contributed by atoms with Gasteiger partial charge in [0.05, 0.1) is 5.56 Å². The van der Waals surface area contributed by atoms with E-state index in [4.69, 9.17) is 32.7 Å². The van der Waals surface area contributed by atoms with Crippen LogP contribution < -0.4 is 4.74 Å². The number of ether oxygens (including phenoxy) is 2. The average molecular weight is 433 g/mol. The highest BCUT2D eigenvalue weighted by Crippen LogP contribution is 2.74.